The predicted octanol–water partition coefficient (Wildman–Crippen LogP) is 0.215. The molecule has 0 saturated carbocycles. The molecule has 0 amide bonds. The third kappa shape index (κ3) is 1.44. The molecule has 70 valence electrons. The fraction of sp³-hybridized carbons (Fsp3) is 0.875. The highest BCUT2D eigenvalue weighted by atomic mass is 16.5. The highest BCUT2D eigenvalue weighted by Gasteiger charge is 2.48. The van der Waals surface area contributed by atoms with Crippen LogP contribution in [0, 0.1) is 5.41 Å². The van der Waals surface area contributed by atoms with Gasteiger partial charge in [0, 0.05) is 5.41 Å². The first kappa shape index (κ1) is 9.48. The fourth-order valence-electron chi connectivity index (χ4n) is 1.39. The molecule has 3 N–H and O–H groups in total. The second-order valence-corrected chi connectivity index (χ2v) is 4.10. The summed E-state index contributed by atoms with van der Waals surface area (Å²) in [7, 11) is 0. The number of hydrogen-bond donors (Lipinski definition) is 2. The fourth-order valence-corrected chi connectivity index (χ4v) is 1.39. The molecule has 0 aromatic heterocycles. The van der Waals surface area contributed by atoms with Crippen LogP contribution in [0.2, 0.25) is 0 Å². The molecule has 1 aliphatic rings. The van der Waals surface area contributed by atoms with E-state index in [0.717, 1.165) is 0 Å². The standard InChI is InChI=1S/C8H15NO3/c1-7(2)4-12-5-8(7,9)3-6(10)11/h3-5,9H2,1-2H3,(H,10,11). The van der Waals surface area contributed by atoms with Crippen LogP contribution in [0.25, 0.3) is 0 Å². The smallest absolute Gasteiger partial charge is 0.305 e. The Bertz CT molecular complexity index is 202. The Morgan fingerprint density at radius 2 is 2.17 bits per heavy atom. The summed E-state index contributed by atoms with van der Waals surface area (Å²) in [6.07, 6.45) is -0.0278. The summed E-state index contributed by atoms with van der Waals surface area (Å²) in [6, 6.07) is 0. The van der Waals surface area contributed by atoms with E-state index in [1.165, 1.54) is 0 Å². The summed E-state index contributed by atoms with van der Waals surface area (Å²) in [4.78, 5) is 10.5. The summed E-state index contributed by atoms with van der Waals surface area (Å²) in [5.74, 6) is -0.865. The topological polar surface area (TPSA) is 72.5 Å². The van der Waals surface area contributed by atoms with Crippen molar-refractivity contribution in [3.63, 3.8) is 0 Å². The molecular formula is C8H15NO3. The highest BCUT2D eigenvalue weighted by molar-refractivity contribution is 5.68. The lowest BCUT2D eigenvalue weighted by Crippen LogP contribution is -2.53. The summed E-state index contributed by atoms with van der Waals surface area (Å²) in [5.41, 5.74) is 4.98. The van der Waals surface area contributed by atoms with Gasteiger partial charge >= 0.3 is 5.97 Å². The van der Waals surface area contributed by atoms with Crippen LogP contribution >= 0.6 is 0 Å². The van der Waals surface area contributed by atoms with Crippen molar-refractivity contribution in [3.8, 4) is 0 Å². The minimum atomic E-state index is -0.865. The summed E-state index contributed by atoms with van der Waals surface area (Å²) in [5, 5.41) is 8.64. The SMILES string of the molecule is CC1(C)COCC1(N)CC(=O)O. The molecule has 0 spiro atoms. The van der Waals surface area contributed by atoms with Crippen molar-refractivity contribution in [2.45, 2.75) is 25.8 Å². The lowest BCUT2D eigenvalue weighted by atomic mass is 9.74. The minimum absolute atomic E-state index is 0.0278. The second-order valence-electron chi connectivity index (χ2n) is 4.10. The van der Waals surface area contributed by atoms with Gasteiger partial charge in [0.05, 0.1) is 25.2 Å². The third-order valence-corrected chi connectivity index (χ3v) is 2.64. The van der Waals surface area contributed by atoms with E-state index in [0.29, 0.717) is 13.2 Å². The van der Waals surface area contributed by atoms with Gasteiger partial charge in [-0.1, -0.05) is 13.8 Å². The minimum Gasteiger partial charge on any atom is -0.481 e. The number of rotatable bonds is 2. The van der Waals surface area contributed by atoms with E-state index in [1.54, 1.807) is 0 Å². The summed E-state index contributed by atoms with van der Waals surface area (Å²) < 4.78 is 5.19. The maximum atomic E-state index is 10.5. The summed E-state index contributed by atoms with van der Waals surface area (Å²) in [6.45, 7) is 4.74. The molecule has 1 unspecified atom stereocenters. The molecule has 1 fully saturated rings. The lowest BCUT2D eigenvalue weighted by molar-refractivity contribution is -0.139. The number of nitrogens with two attached hydrogens (primary N) is 1. The molecule has 1 saturated heterocycles. The van der Waals surface area contributed by atoms with E-state index >= 15 is 0 Å². The summed E-state index contributed by atoms with van der Waals surface area (Å²) >= 11 is 0. The second kappa shape index (κ2) is 2.71. The molecule has 0 bridgehead atoms. The number of ether oxygens (including phenoxy) is 1. The van der Waals surface area contributed by atoms with Crippen molar-refractivity contribution in [1.29, 1.82) is 0 Å². The predicted molar refractivity (Wildman–Crippen MR) is 43.8 cm³/mol. The Kier molecular flexibility index (Phi) is 2.14. The van der Waals surface area contributed by atoms with Gasteiger partial charge in [-0.05, 0) is 0 Å². The first-order valence-corrected chi connectivity index (χ1v) is 3.96. The Morgan fingerprint density at radius 1 is 1.58 bits per heavy atom. The molecule has 12 heavy (non-hydrogen) atoms. The van der Waals surface area contributed by atoms with Crippen LogP contribution in [0.4, 0.5) is 0 Å². The molecule has 4 heteroatoms. The van der Waals surface area contributed by atoms with Crippen molar-refractivity contribution in [2.24, 2.45) is 11.1 Å². The molecule has 1 rings (SSSR count). The number of aliphatic carboxylic acids is 1. The van der Waals surface area contributed by atoms with E-state index < -0.39 is 11.5 Å². The monoisotopic (exact) mass is 173 g/mol. The van der Waals surface area contributed by atoms with Gasteiger partial charge in [0.25, 0.3) is 0 Å². The van der Waals surface area contributed by atoms with Gasteiger partial charge in [-0.2, -0.15) is 0 Å². The van der Waals surface area contributed by atoms with Crippen molar-refractivity contribution >= 4 is 5.97 Å². The Balaban J connectivity index is 2.75. The van der Waals surface area contributed by atoms with Crippen LogP contribution in [-0.2, 0) is 9.53 Å². The van der Waals surface area contributed by atoms with Crippen LogP contribution in [0.1, 0.15) is 20.3 Å². The van der Waals surface area contributed by atoms with Gasteiger partial charge in [-0.25, -0.2) is 0 Å². The van der Waals surface area contributed by atoms with Crippen LogP contribution < -0.4 is 5.73 Å². The third-order valence-electron chi connectivity index (χ3n) is 2.64. The van der Waals surface area contributed by atoms with Crippen LogP contribution in [0.5, 0.6) is 0 Å². The Morgan fingerprint density at radius 3 is 2.50 bits per heavy atom. The van der Waals surface area contributed by atoms with Crippen molar-refractivity contribution < 1.29 is 14.6 Å². The van der Waals surface area contributed by atoms with E-state index in [1.807, 2.05) is 13.8 Å². The quantitative estimate of drug-likeness (QED) is 0.626. The molecule has 1 atom stereocenters. The van der Waals surface area contributed by atoms with Crippen LogP contribution in [0.3, 0.4) is 0 Å². The maximum Gasteiger partial charge on any atom is 0.305 e. The average molecular weight is 173 g/mol. The number of carboxylic acids is 1. The van der Waals surface area contributed by atoms with Gasteiger partial charge in [-0.3, -0.25) is 4.79 Å². The van der Waals surface area contributed by atoms with Gasteiger partial charge in [0.2, 0.25) is 0 Å². The Labute approximate surface area is 71.7 Å². The van der Waals surface area contributed by atoms with Gasteiger partial charge in [-0.15, -0.1) is 0 Å². The van der Waals surface area contributed by atoms with E-state index in [-0.39, 0.29) is 11.8 Å². The molecule has 0 aromatic rings. The molecule has 4 nitrogen and oxygen atoms in total. The lowest BCUT2D eigenvalue weighted by Gasteiger charge is -2.34. The number of carboxylic acid groups (broad SMARTS) is 1. The normalized spacial score (nSPS) is 33.6. The average Bonchev–Trinajstić information content (AvgIpc) is 2.05. The van der Waals surface area contributed by atoms with Crippen LogP contribution in [0.15, 0.2) is 0 Å². The molecule has 0 aromatic carbocycles. The van der Waals surface area contributed by atoms with Crippen molar-refractivity contribution in [1.82, 2.24) is 0 Å². The zero-order valence-corrected chi connectivity index (χ0v) is 7.46. The van der Waals surface area contributed by atoms with E-state index in [2.05, 4.69) is 0 Å². The van der Waals surface area contributed by atoms with E-state index in [4.69, 9.17) is 15.6 Å². The van der Waals surface area contributed by atoms with Crippen molar-refractivity contribution in [2.75, 3.05) is 13.2 Å². The maximum absolute atomic E-state index is 10.5. The first-order chi connectivity index (χ1) is 5.37. The molecule has 0 radical (unpaired) electrons. The largest absolute Gasteiger partial charge is 0.481 e. The van der Waals surface area contributed by atoms with Crippen molar-refractivity contribution in [3.05, 3.63) is 0 Å². The van der Waals surface area contributed by atoms with Gasteiger partial charge in [0.1, 0.15) is 0 Å². The highest BCUT2D eigenvalue weighted by Crippen LogP contribution is 2.37. The van der Waals surface area contributed by atoms with Gasteiger partial charge in [0.15, 0.2) is 0 Å². The zero-order chi connectivity index (χ0) is 9.41. The van der Waals surface area contributed by atoms with Crippen LogP contribution in [-0.4, -0.2) is 29.8 Å². The first-order valence-electron chi connectivity index (χ1n) is 3.96. The van der Waals surface area contributed by atoms with Gasteiger partial charge < -0.3 is 15.6 Å². The molecule has 0 aliphatic carbocycles. The molecular weight excluding hydrogens is 158 g/mol. The Hall–Kier alpha value is -0.610. The number of hydrogen-bond acceptors (Lipinski definition) is 3. The molecule has 1 aliphatic heterocycles. The molecule has 1 heterocycles. The van der Waals surface area contributed by atoms with E-state index in [9.17, 15) is 4.79 Å². The number of carbonyl (C=O) groups is 1. The zero-order valence-electron chi connectivity index (χ0n) is 7.46.